The fourth-order valence-electron chi connectivity index (χ4n) is 2.93. The molecule has 1 amide bonds. The Morgan fingerprint density at radius 1 is 1.27 bits per heavy atom. The summed E-state index contributed by atoms with van der Waals surface area (Å²) in [6.07, 6.45) is 4.64. The number of nitrogens with zero attached hydrogens (tertiary/aromatic N) is 4. The summed E-state index contributed by atoms with van der Waals surface area (Å²) in [6.45, 7) is 1.54. The number of nitriles is 2. The molecule has 2 aromatic rings. The van der Waals surface area contributed by atoms with Gasteiger partial charge in [-0.3, -0.25) is 4.79 Å². The highest BCUT2D eigenvalue weighted by Gasteiger charge is 2.23. The van der Waals surface area contributed by atoms with E-state index in [9.17, 15) is 15.3 Å². The Morgan fingerprint density at radius 3 is 2.62 bits per heavy atom. The van der Waals surface area contributed by atoms with Crippen molar-refractivity contribution in [1.29, 1.82) is 10.5 Å². The highest BCUT2D eigenvalue weighted by molar-refractivity contribution is 8.00. The highest BCUT2D eigenvalue weighted by atomic mass is 32.2. The van der Waals surface area contributed by atoms with Crippen LogP contribution in [0.5, 0.6) is 0 Å². The molecule has 0 atom stereocenters. The molecule has 3 rings (SSSR count). The average molecular weight is 367 g/mol. The first-order valence-corrected chi connectivity index (χ1v) is 9.22. The van der Waals surface area contributed by atoms with Crippen LogP contribution >= 0.6 is 11.8 Å². The molecule has 1 fully saturated rings. The van der Waals surface area contributed by atoms with Crippen LogP contribution in [0.25, 0.3) is 11.3 Å². The molecule has 0 saturated carbocycles. The van der Waals surface area contributed by atoms with Crippen LogP contribution in [0.2, 0.25) is 0 Å². The normalized spacial score (nSPS) is 13.8. The second-order valence-corrected chi connectivity index (χ2v) is 6.82. The zero-order valence-corrected chi connectivity index (χ0v) is 14.9. The number of piperidine rings is 1. The Balaban J connectivity index is 1.91. The number of furan rings is 1. The summed E-state index contributed by atoms with van der Waals surface area (Å²) in [7, 11) is 0. The lowest BCUT2D eigenvalue weighted by Gasteiger charge is -2.26. The maximum absolute atomic E-state index is 12.4. The van der Waals surface area contributed by atoms with Gasteiger partial charge in [0.1, 0.15) is 34.3 Å². The predicted octanol–water partition coefficient (Wildman–Crippen LogP) is 2.77. The van der Waals surface area contributed by atoms with Crippen molar-refractivity contribution >= 4 is 23.5 Å². The zero-order chi connectivity index (χ0) is 18.5. The number of pyridine rings is 1. The molecule has 7 nitrogen and oxygen atoms in total. The van der Waals surface area contributed by atoms with Crippen molar-refractivity contribution in [1.82, 2.24) is 9.88 Å². The molecule has 0 radical (unpaired) electrons. The van der Waals surface area contributed by atoms with Crippen molar-refractivity contribution in [2.45, 2.75) is 24.3 Å². The number of hydrogen-bond donors (Lipinski definition) is 1. The van der Waals surface area contributed by atoms with Crippen LogP contribution < -0.4 is 5.73 Å². The molecular formula is C18H17N5O2S. The molecule has 8 heteroatoms. The molecule has 0 bridgehead atoms. The number of rotatable bonds is 4. The Bertz CT molecular complexity index is 890. The summed E-state index contributed by atoms with van der Waals surface area (Å²) < 4.78 is 5.37. The maximum Gasteiger partial charge on any atom is 0.232 e. The van der Waals surface area contributed by atoms with Gasteiger partial charge in [-0.1, -0.05) is 11.8 Å². The van der Waals surface area contributed by atoms with Gasteiger partial charge < -0.3 is 15.1 Å². The van der Waals surface area contributed by atoms with Crippen LogP contribution in [-0.2, 0) is 4.79 Å². The Labute approximate surface area is 155 Å². The van der Waals surface area contributed by atoms with E-state index in [0.29, 0.717) is 16.3 Å². The van der Waals surface area contributed by atoms with Crippen molar-refractivity contribution in [3.05, 3.63) is 29.5 Å². The number of carbonyl (C=O) groups excluding carboxylic acids is 1. The van der Waals surface area contributed by atoms with Gasteiger partial charge in [-0.05, 0) is 31.4 Å². The predicted molar refractivity (Wildman–Crippen MR) is 96.9 cm³/mol. The van der Waals surface area contributed by atoms with Crippen LogP contribution in [0.4, 0.5) is 5.82 Å². The number of likely N-dealkylation sites (tertiary alicyclic amines) is 1. The zero-order valence-electron chi connectivity index (χ0n) is 14.1. The first-order valence-electron chi connectivity index (χ1n) is 8.23. The van der Waals surface area contributed by atoms with Gasteiger partial charge in [0.05, 0.1) is 23.1 Å². The number of hydrogen-bond acceptors (Lipinski definition) is 7. The van der Waals surface area contributed by atoms with Crippen molar-refractivity contribution in [3.63, 3.8) is 0 Å². The van der Waals surface area contributed by atoms with Crippen molar-refractivity contribution in [3.8, 4) is 23.5 Å². The molecule has 2 N–H and O–H groups in total. The molecule has 0 aliphatic carbocycles. The van der Waals surface area contributed by atoms with E-state index in [1.54, 1.807) is 12.1 Å². The van der Waals surface area contributed by atoms with Crippen LogP contribution in [0.1, 0.15) is 30.4 Å². The lowest BCUT2D eigenvalue weighted by atomic mass is 10.0. The molecule has 1 saturated heterocycles. The minimum Gasteiger partial charge on any atom is -0.464 e. The molecule has 2 aromatic heterocycles. The van der Waals surface area contributed by atoms with Gasteiger partial charge in [0.2, 0.25) is 5.91 Å². The summed E-state index contributed by atoms with van der Waals surface area (Å²) >= 11 is 1.16. The number of nitrogen functional groups attached to an aromatic ring is 1. The van der Waals surface area contributed by atoms with Crippen molar-refractivity contribution in [2.24, 2.45) is 0 Å². The minimum atomic E-state index is 0.0165. The molecule has 1 aliphatic rings. The van der Waals surface area contributed by atoms with E-state index in [1.807, 2.05) is 11.0 Å². The molecule has 0 spiro atoms. The van der Waals surface area contributed by atoms with Crippen molar-refractivity contribution < 1.29 is 9.21 Å². The second-order valence-electron chi connectivity index (χ2n) is 5.86. The van der Waals surface area contributed by atoms with E-state index < -0.39 is 0 Å². The lowest BCUT2D eigenvalue weighted by molar-refractivity contribution is -0.129. The Morgan fingerprint density at radius 2 is 2.00 bits per heavy atom. The summed E-state index contributed by atoms with van der Waals surface area (Å²) in [5, 5.41) is 19.4. The topological polar surface area (TPSA) is 120 Å². The molecule has 132 valence electrons. The number of carbonyl (C=O) groups is 1. The molecule has 3 heterocycles. The van der Waals surface area contributed by atoms with E-state index in [1.165, 1.54) is 6.26 Å². The average Bonchev–Trinajstić information content (AvgIpc) is 3.20. The van der Waals surface area contributed by atoms with Gasteiger partial charge in [-0.2, -0.15) is 10.5 Å². The van der Waals surface area contributed by atoms with E-state index in [0.717, 1.165) is 44.1 Å². The number of anilines is 1. The molecule has 26 heavy (non-hydrogen) atoms. The third-order valence-corrected chi connectivity index (χ3v) is 5.18. The van der Waals surface area contributed by atoms with Crippen LogP contribution in [0.15, 0.2) is 27.8 Å². The highest BCUT2D eigenvalue weighted by Crippen LogP contribution is 2.35. The van der Waals surface area contributed by atoms with Crippen LogP contribution in [-0.4, -0.2) is 34.6 Å². The van der Waals surface area contributed by atoms with Gasteiger partial charge in [-0.15, -0.1) is 0 Å². The standard InChI is InChI=1S/C18H17N5O2S/c19-9-12-16(14-5-4-8-25-14)13(10-20)18(22-17(12)21)26-11-15(24)23-6-2-1-3-7-23/h4-5,8H,1-3,6-7,11H2,(H2,21,22). The second kappa shape index (κ2) is 7.94. The Kier molecular flexibility index (Phi) is 5.45. The summed E-state index contributed by atoms with van der Waals surface area (Å²) in [6, 6.07) is 7.39. The summed E-state index contributed by atoms with van der Waals surface area (Å²) in [5.74, 6) is 0.579. The Hall–Kier alpha value is -2.97. The number of nitrogens with two attached hydrogens (primary N) is 1. The molecule has 0 aromatic carbocycles. The third kappa shape index (κ3) is 3.51. The van der Waals surface area contributed by atoms with Gasteiger partial charge >= 0.3 is 0 Å². The summed E-state index contributed by atoms with van der Waals surface area (Å²) in [5.41, 5.74) is 6.53. The molecule has 1 aliphatic heterocycles. The summed E-state index contributed by atoms with van der Waals surface area (Å²) in [4.78, 5) is 18.4. The van der Waals surface area contributed by atoms with E-state index in [2.05, 4.69) is 11.1 Å². The SMILES string of the molecule is N#Cc1c(N)nc(SCC(=O)N2CCCCC2)c(C#N)c1-c1ccco1. The van der Waals surface area contributed by atoms with Gasteiger partial charge in [0.15, 0.2) is 0 Å². The largest absolute Gasteiger partial charge is 0.464 e. The van der Waals surface area contributed by atoms with Gasteiger partial charge in [0.25, 0.3) is 0 Å². The van der Waals surface area contributed by atoms with Crippen molar-refractivity contribution in [2.75, 3.05) is 24.6 Å². The first kappa shape index (κ1) is 17.8. The minimum absolute atomic E-state index is 0.0165. The third-order valence-electron chi connectivity index (χ3n) is 4.22. The monoisotopic (exact) mass is 367 g/mol. The first-order chi connectivity index (χ1) is 12.7. The molecular weight excluding hydrogens is 350 g/mol. The smallest absolute Gasteiger partial charge is 0.232 e. The van der Waals surface area contributed by atoms with Gasteiger partial charge in [-0.25, -0.2) is 4.98 Å². The quantitative estimate of drug-likeness (QED) is 0.825. The van der Waals surface area contributed by atoms with Gasteiger partial charge in [0, 0.05) is 13.1 Å². The number of thioether (sulfide) groups is 1. The van der Waals surface area contributed by atoms with E-state index >= 15 is 0 Å². The number of amides is 1. The van der Waals surface area contributed by atoms with E-state index in [-0.39, 0.29) is 28.6 Å². The maximum atomic E-state index is 12.4. The van der Waals surface area contributed by atoms with E-state index in [4.69, 9.17) is 10.2 Å². The fraction of sp³-hybridized carbons (Fsp3) is 0.333. The van der Waals surface area contributed by atoms with Crippen LogP contribution in [0.3, 0.4) is 0 Å². The lowest BCUT2D eigenvalue weighted by Crippen LogP contribution is -2.36. The fourth-order valence-corrected chi connectivity index (χ4v) is 3.83. The number of aromatic nitrogens is 1. The molecule has 0 unspecified atom stereocenters. The van der Waals surface area contributed by atoms with Crippen LogP contribution in [0, 0.1) is 22.7 Å².